The van der Waals surface area contributed by atoms with Crippen LogP contribution in [0.2, 0.25) is 0 Å². The molecule has 5 heteroatoms. The second-order valence-electron chi connectivity index (χ2n) is 3.43. The third-order valence-electron chi connectivity index (χ3n) is 2.05. The van der Waals surface area contributed by atoms with Gasteiger partial charge in [-0.15, -0.1) is 0 Å². The molecule has 0 saturated carbocycles. The topological polar surface area (TPSA) is 70.1 Å². The van der Waals surface area contributed by atoms with Gasteiger partial charge in [-0.1, -0.05) is 0 Å². The number of aromatic nitrogens is 2. The number of hydrogen-bond donors (Lipinski definition) is 1. The van der Waals surface area contributed by atoms with E-state index in [0.717, 1.165) is 0 Å². The number of anilines is 1. The lowest BCUT2D eigenvalue weighted by molar-refractivity contribution is -0.152. The molecule has 0 aliphatic rings. The monoisotopic (exact) mass is 197 g/mol. The summed E-state index contributed by atoms with van der Waals surface area (Å²) in [5.41, 5.74) is 4.80. The van der Waals surface area contributed by atoms with Crippen molar-refractivity contribution in [3.05, 3.63) is 12.4 Å². The summed E-state index contributed by atoms with van der Waals surface area (Å²) in [6, 6.07) is 0. The van der Waals surface area contributed by atoms with E-state index in [0.29, 0.717) is 12.6 Å². The summed E-state index contributed by atoms with van der Waals surface area (Å²) in [6.07, 6.45) is 3.21. The highest BCUT2D eigenvalue weighted by Crippen LogP contribution is 2.20. The molecule has 0 spiro atoms. The highest BCUT2D eigenvalue weighted by molar-refractivity contribution is 5.78. The molecule has 2 N–H and O–H groups in total. The molecule has 0 radical (unpaired) electrons. The first-order chi connectivity index (χ1) is 6.50. The Hall–Kier alpha value is -1.52. The zero-order valence-electron chi connectivity index (χ0n) is 8.65. The van der Waals surface area contributed by atoms with Crippen LogP contribution in [-0.4, -0.2) is 22.1 Å². The van der Waals surface area contributed by atoms with Crippen LogP contribution in [0, 0.1) is 0 Å². The highest BCUT2D eigenvalue weighted by atomic mass is 16.5. The van der Waals surface area contributed by atoms with E-state index < -0.39 is 5.54 Å². The molecule has 14 heavy (non-hydrogen) atoms. The van der Waals surface area contributed by atoms with Crippen LogP contribution < -0.4 is 5.73 Å². The van der Waals surface area contributed by atoms with Crippen molar-refractivity contribution in [1.29, 1.82) is 0 Å². The van der Waals surface area contributed by atoms with Crippen molar-refractivity contribution in [3.8, 4) is 0 Å². The molecule has 0 atom stereocenters. The van der Waals surface area contributed by atoms with Crippen LogP contribution in [0.1, 0.15) is 20.8 Å². The quantitative estimate of drug-likeness (QED) is 0.726. The molecule has 78 valence electrons. The highest BCUT2D eigenvalue weighted by Gasteiger charge is 2.32. The van der Waals surface area contributed by atoms with E-state index in [1.165, 1.54) is 0 Å². The first kappa shape index (κ1) is 10.6. The van der Waals surface area contributed by atoms with Gasteiger partial charge >= 0.3 is 5.97 Å². The van der Waals surface area contributed by atoms with E-state index in [1.807, 2.05) is 0 Å². The van der Waals surface area contributed by atoms with Crippen molar-refractivity contribution >= 4 is 11.9 Å². The van der Waals surface area contributed by atoms with Gasteiger partial charge in [-0.3, -0.25) is 0 Å². The molecule has 1 rings (SSSR count). The molecule has 0 aliphatic carbocycles. The fourth-order valence-electron chi connectivity index (χ4n) is 1.19. The number of nitrogen functional groups attached to an aromatic ring is 1. The summed E-state index contributed by atoms with van der Waals surface area (Å²) in [6.45, 7) is 5.61. The van der Waals surface area contributed by atoms with E-state index in [1.54, 1.807) is 37.7 Å². The number of esters is 1. The number of carbonyl (C=O) groups excluding carboxylic acids is 1. The van der Waals surface area contributed by atoms with Crippen LogP contribution in [0.15, 0.2) is 12.4 Å². The average molecular weight is 197 g/mol. The third kappa shape index (κ3) is 1.71. The fourth-order valence-corrected chi connectivity index (χ4v) is 1.19. The second kappa shape index (κ2) is 3.69. The lowest BCUT2D eigenvalue weighted by Gasteiger charge is -2.24. The summed E-state index contributed by atoms with van der Waals surface area (Å²) >= 11 is 0. The zero-order valence-corrected chi connectivity index (χ0v) is 8.65. The van der Waals surface area contributed by atoms with Gasteiger partial charge in [0.25, 0.3) is 0 Å². The summed E-state index contributed by atoms with van der Waals surface area (Å²) in [4.78, 5) is 15.4. The Morgan fingerprint density at radius 1 is 1.71 bits per heavy atom. The Morgan fingerprint density at radius 2 is 2.36 bits per heavy atom. The Morgan fingerprint density at radius 3 is 2.79 bits per heavy atom. The molecule has 1 aromatic rings. The maximum atomic E-state index is 11.6. The molecule has 0 unspecified atom stereocenters. The molecule has 1 heterocycles. The van der Waals surface area contributed by atoms with Crippen molar-refractivity contribution < 1.29 is 9.53 Å². The normalized spacial score (nSPS) is 11.4. The minimum absolute atomic E-state index is 0.308. The Balaban J connectivity index is 2.95. The smallest absolute Gasteiger partial charge is 0.331 e. The average Bonchev–Trinajstić information content (AvgIpc) is 2.52. The van der Waals surface area contributed by atoms with E-state index in [-0.39, 0.29) is 5.97 Å². The molecule has 1 aromatic heterocycles. The van der Waals surface area contributed by atoms with Crippen LogP contribution in [0.25, 0.3) is 0 Å². The van der Waals surface area contributed by atoms with Crippen molar-refractivity contribution in [2.75, 3.05) is 12.3 Å². The minimum Gasteiger partial charge on any atom is -0.464 e. The number of rotatable bonds is 3. The zero-order chi connectivity index (χ0) is 10.8. The van der Waals surface area contributed by atoms with E-state index in [2.05, 4.69) is 4.98 Å². The predicted molar refractivity (Wildman–Crippen MR) is 52.6 cm³/mol. The fraction of sp³-hybridized carbons (Fsp3) is 0.556. The van der Waals surface area contributed by atoms with Crippen molar-refractivity contribution in [2.24, 2.45) is 0 Å². The largest absolute Gasteiger partial charge is 0.464 e. The third-order valence-corrected chi connectivity index (χ3v) is 2.05. The van der Waals surface area contributed by atoms with E-state index >= 15 is 0 Å². The number of nitrogens with zero attached hydrogens (tertiary/aromatic N) is 2. The number of imidazole rings is 1. The molecule has 0 bridgehead atoms. The minimum atomic E-state index is -0.809. The number of ether oxygens (including phenoxy) is 1. The Kier molecular flexibility index (Phi) is 2.78. The maximum absolute atomic E-state index is 11.6. The first-order valence-electron chi connectivity index (χ1n) is 4.46. The molecule has 0 amide bonds. The summed E-state index contributed by atoms with van der Waals surface area (Å²) in [5, 5.41) is 0. The van der Waals surface area contributed by atoms with E-state index in [4.69, 9.17) is 10.5 Å². The molecule has 0 aromatic carbocycles. The van der Waals surface area contributed by atoms with Gasteiger partial charge in [-0.25, -0.2) is 9.78 Å². The first-order valence-corrected chi connectivity index (χ1v) is 4.46. The molecule has 5 nitrogen and oxygen atoms in total. The van der Waals surface area contributed by atoms with Gasteiger partial charge in [-0.05, 0) is 20.8 Å². The number of hydrogen-bond acceptors (Lipinski definition) is 4. The van der Waals surface area contributed by atoms with Crippen LogP contribution >= 0.6 is 0 Å². The van der Waals surface area contributed by atoms with Gasteiger partial charge in [0.15, 0.2) is 0 Å². The second-order valence-corrected chi connectivity index (χ2v) is 3.43. The van der Waals surface area contributed by atoms with E-state index in [9.17, 15) is 4.79 Å². The van der Waals surface area contributed by atoms with Gasteiger partial charge in [0.2, 0.25) is 5.95 Å². The lowest BCUT2D eigenvalue weighted by atomic mass is 10.1. The predicted octanol–water partition coefficient (Wildman–Crippen LogP) is 0.763. The van der Waals surface area contributed by atoms with Crippen molar-refractivity contribution in [2.45, 2.75) is 26.3 Å². The van der Waals surface area contributed by atoms with Gasteiger partial charge in [0.1, 0.15) is 5.54 Å². The Labute approximate surface area is 82.9 Å². The molecular formula is C9H15N3O2. The Bertz CT molecular complexity index is 331. The van der Waals surface area contributed by atoms with Crippen LogP contribution in [0.3, 0.4) is 0 Å². The van der Waals surface area contributed by atoms with Gasteiger partial charge in [0.05, 0.1) is 6.61 Å². The van der Waals surface area contributed by atoms with Crippen LogP contribution in [0.5, 0.6) is 0 Å². The molecule has 0 fully saturated rings. The molecular weight excluding hydrogens is 182 g/mol. The standard InChI is InChI=1S/C9H15N3O2/c1-4-14-7(13)9(2,3)12-6-5-11-8(12)10/h5-6H,4H2,1-3H3,(H2,10,11). The number of carbonyl (C=O) groups is 1. The summed E-state index contributed by atoms with van der Waals surface area (Å²) in [7, 11) is 0. The number of nitrogens with two attached hydrogens (primary N) is 1. The van der Waals surface area contributed by atoms with Gasteiger partial charge in [0, 0.05) is 12.4 Å². The molecule has 0 aliphatic heterocycles. The van der Waals surface area contributed by atoms with Crippen LogP contribution in [0.4, 0.5) is 5.95 Å². The molecule has 0 saturated heterocycles. The summed E-state index contributed by atoms with van der Waals surface area (Å²) < 4.78 is 6.53. The maximum Gasteiger partial charge on any atom is 0.331 e. The van der Waals surface area contributed by atoms with Crippen LogP contribution in [-0.2, 0) is 15.1 Å². The van der Waals surface area contributed by atoms with Crippen molar-refractivity contribution in [3.63, 3.8) is 0 Å². The van der Waals surface area contributed by atoms with Gasteiger partial charge < -0.3 is 15.0 Å². The van der Waals surface area contributed by atoms with Gasteiger partial charge in [-0.2, -0.15) is 0 Å². The van der Waals surface area contributed by atoms with Crippen molar-refractivity contribution in [1.82, 2.24) is 9.55 Å². The summed E-state index contributed by atoms with van der Waals surface area (Å²) in [5.74, 6) is -0.00671. The SMILES string of the molecule is CCOC(=O)C(C)(C)n1ccnc1N. The lowest BCUT2D eigenvalue weighted by Crippen LogP contribution is -2.37.